The highest BCUT2D eigenvalue weighted by molar-refractivity contribution is 5.90. The molecular weight excluding hydrogens is 397 g/mol. The third-order valence-corrected chi connectivity index (χ3v) is 6.17. The van der Waals surface area contributed by atoms with E-state index in [-0.39, 0.29) is 5.97 Å². The molecular formula is C24H32FN3O3. The van der Waals surface area contributed by atoms with Crippen molar-refractivity contribution in [3.05, 3.63) is 42.0 Å². The first-order chi connectivity index (χ1) is 15.0. The average Bonchev–Trinajstić information content (AvgIpc) is 2.83. The van der Waals surface area contributed by atoms with Crippen molar-refractivity contribution >= 4 is 5.97 Å². The van der Waals surface area contributed by atoms with E-state index in [0.717, 1.165) is 31.5 Å². The molecule has 168 valence electrons. The minimum Gasteiger partial charge on any atom is -0.476 e. The smallest absolute Gasteiger partial charge is 0.337 e. The monoisotopic (exact) mass is 429 g/mol. The lowest BCUT2D eigenvalue weighted by Crippen LogP contribution is -2.44. The summed E-state index contributed by atoms with van der Waals surface area (Å²) in [6.45, 7) is 6.76. The van der Waals surface area contributed by atoms with Crippen LogP contribution in [0.15, 0.2) is 36.4 Å². The number of hydrogen-bond donors (Lipinski definition) is 0. The Bertz CT molecular complexity index is 847. The van der Waals surface area contributed by atoms with Gasteiger partial charge in [-0.3, -0.25) is 0 Å². The number of carbonyl (C=O) groups is 1. The number of esters is 1. The molecule has 0 amide bonds. The van der Waals surface area contributed by atoms with Gasteiger partial charge in [-0.05, 0) is 62.9 Å². The highest BCUT2D eigenvalue weighted by Gasteiger charge is 2.30. The van der Waals surface area contributed by atoms with Gasteiger partial charge in [0.1, 0.15) is 5.67 Å². The van der Waals surface area contributed by atoms with Crippen LogP contribution in [0, 0.1) is 5.92 Å². The molecule has 6 nitrogen and oxygen atoms in total. The molecule has 0 bridgehead atoms. The largest absolute Gasteiger partial charge is 0.476 e. The quantitative estimate of drug-likeness (QED) is 0.545. The van der Waals surface area contributed by atoms with E-state index in [2.05, 4.69) is 15.1 Å². The number of hydrogen-bond acceptors (Lipinski definition) is 6. The topological polar surface area (TPSA) is 64.5 Å². The van der Waals surface area contributed by atoms with Crippen molar-refractivity contribution < 1.29 is 18.7 Å². The standard InChI is InChI=1S/C24H32FN3O3/c1-4-24(25,5-2)17-28-13-11-18(12-14-28)16-31-22-10-9-21(26-27-22)19-7-6-8-20(15-19)23(29)30-3/h6-10,15,18H,4-5,11-14,16-17H2,1-3H3. The van der Waals surface area contributed by atoms with E-state index in [9.17, 15) is 9.18 Å². The number of piperidine rings is 1. The Morgan fingerprint density at radius 1 is 1.16 bits per heavy atom. The normalized spacial score (nSPS) is 15.6. The maximum Gasteiger partial charge on any atom is 0.337 e. The van der Waals surface area contributed by atoms with Crippen molar-refractivity contribution in [2.24, 2.45) is 5.92 Å². The number of aromatic nitrogens is 2. The summed E-state index contributed by atoms with van der Waals surface area (Å²) in [4.78, 5) is 13.9. The van der Waals surface area contributed by atoms with Gasteiger partial charge in [0, 0.05) is 18.2 Å². The molecule has 1 aliphatic rings. The molecule has 1 saturated heterocycles. The summed E-state index contributed by atoms with van der Waals surface area (Å²) in [7, 11) is 1.36. The molecule has 1 fully saturated rings. The van der Waals surface area contributed by atoms with Crippen LogP contribution in [0.2, 0.25) is 0 Å². The van der Waals surface area contributed by atoms with Gasteiger partial charge >= 0.3 is 5.97 Å². The first-order valence-corrected chi connectivity index (χ1v) is 11.0. The van der Waals surface area contributed by atoms with E-state index in [4.69, 9.17) is 9.47 Å². The Morgan fingerprint density at radius 3 is 2.52 bits per heavy atom. The Hall–Kier alpha value is -2.54. The van der Waals surface area contributed by atoms with Crippen LogP contribution in [0.4, 0.5) is 4.39 Å². The fraction of sp³-hybridized carbons (Fsp3) is 0.542. The third kappa shape index (κ3) is 6.23. The van der Waals surface area contributed by atoms with Crippen molar-refractivity contribution in [2.75, 3.05) is 33.4 Å². The molecule has 31 heavy (non-hydrogen) atoms. The van der Waals surface area contributed by atoms with Crippen LogP contribution in [-0.2, 0) is 4.74 Å². The number of nitrogens with zero attached hydrogens (tertiary/aromatic N) is 3. The maximum atomic E-state index is 14.6. The predicted octanol–water partition coefficient (Wildman–Crippen LogP) is 4.55. The van der Waals surface area contributed by atoms with Crippen molar-refractivity contribution in [1.29, 1.82) is 0 Å². The van der Waals surface area contributed by atoms with Gasteiger partial charge in [-0.15, -0.1) is 10.2 Å². The van der Waals surface area contributed by atoms with Crippen LogP contribution >= 0.6 is 0 Å². The molecule has 1 aromatic heterocycles. The van der Waals surface area contributed by atoms with Crippen LogP contribution in [0.1, 0.15) is 49.9 Å². The maximum absolute atomic E-state index is 14.6. The molecule has 0 spiro atoms. The number of halogens is 1. The summed E-state index contributed by atoms with van der Waals surface area (Å²) in [6.07, 6.45) is 3.12. The highest BCUT2D eigenvalue weighted by Crippen LogP contribution is 2.26. The van der Waals surface area contributed by atoms with Gasteiger partial charge in [0.05, 0.1) is 25.0 Å². The predicted molar refractivity (Wildman–Crippen MR) is 118 cm³/mol. The van der Waals surface area contributed by atoms with E-state index in [0.29, 0.717) is 49.0 Å². The second-order valence-corrected chi connectivity index (χ2v) is 8.22. The number of alkyl halides is 1. The Morgan fingerprint density at radius 2 is 1.90 bits per heavy atom. The summed E-state index contributed by atoms with van der Waals surface area (Å²) in [5.74, 6) is 0.532. The first kappa shape index (κ1) is 23.1. The average molecular weight is 430 g/mol. The van der Waals surface area contributed by atoms with Gasteiger partial charge in [0.2, 0.25) is 5.88 Å². The van der Waals surface area contributed by atoms with Crippen LogP contribution in [-0.4, -0.2) is 60.1 Å². The van der Waals surface area contributed by atoms with E-state index in [1.807, 2.05) is 26.0 Å². The van der Waals surface area contributed by atoms with Crippen molar-refractivity contribution in [3.63, 3.8) is 0 Å². The summed E-state index contributed by atoms with van der Waals surface area (Å²) in [5, 5.41) is 8.40. The van der Waals surface area contributed by atoms with Gasteiger partial charge in [0.15, 0.2) is 0 Å². The van der Waals surface area contributed by atoms with Gasteiger partial charge in [0.25, 0.3) is 0 Å². The molecule has 3 rings (SSSR count). The second-order valence-electron chi connectivity index (χ2n) is 8.22. The lowest BCUT2D eigenvalue weighted by Gasteiger charge is -2.36. The highest BCUT2D eigenvalue weighted by atomic mass is 19.1. The van der Waals surface area contributed by atoms with E-state index < -0.39 is 5.67 Å². The van der Waals surface area contributed by atoms with Crippen molar-refractivity contribution in [3.8, 4) is 17.1 Å². The zero-order valence-corrected chi connectivity index (χ0v) is 18.6. The van der Waals surface area contributed by atoms with E-state index in [1.54, 1.807) is 24.3 Å². The number of carbonyl (C=O) groups excluding carboxylic acids is 1. The molecule has 2 heterocycles. The minimum atomic E-state index is -1.07. The molecule has 1 aromatic carbocycles. The zero-order chi connectivity index (χ0) is 22.3. The van der Waals surface area contributed by atoms with Gasteiger partial charge < -0.3 is 14.4 Å². The molecule has 0 N–H and O–H groups in total. The minimum absolute atomic E-state index is 0.387. The number of ether oxygens (including phenoxy) is 2. The molecule has 2 aromatic rings. The summed E-state index contributed by atoms with van der Waals surface area (Å²) < 4.78 is 25.2. The molecule has 0 unspecified atom stereocenters. The number of methoxy groups -OCH3 is 1. The van der Waals surface area contributed by atoms with Crippen molar-refractivity contribution in [1.82, 2.24) is 15.1 Å². The summed E-state index contributed by atoms with van der Waals surface area (Å²) in [6, 6.07) is 10.7. The molecule has 1 aliphatic heterocycles. The van der Waals surface area contributed by atoms with Crippen LogP contribution in [0.25, 0.3) is 11.3 Å². The molecule has 0 atom stereocenters. The fourth-order valence-corrected chi connectivity index (χ4v) is 3.86. The third-order valence-electron chi connectivity index (χ3n) is 6.17. The molecule has 7 heteroatoms. The van der Waals surface area contributed by atoms with Crippen LogP contribution in [0.5, 0.6) is 5.88 Å². The lowest BCUT2D eigenvalue weighted by atomic mass is 9.94. The van der Waals surface area contributed by atoms with Crippen molar-refractivity contribution in [2.45, 2.75) is 45.2 Å². The summed E-state index contributed by atoms with van der Waals surface area (Å²) in [5.41, 5.74) is 0.846. The Kier molecular flexibility index (Phi) is 7.96. The van der Waals surface area contributed by atoms with Gasteiger partial charge in [-0.1, -0.05) is 26.0 Å². The number of likely N-dealkylation sites (tertiary alicyclic amines) is 1. The number of benzene rings is 1. The van der Waals surface area contributed by atoms with Gasteiger partial charge in [-0.2, -0.15) is 0 Å². The Balaban J connectivity index is 1.49. The molecule has 0 aliphatic carbocycles. The first-order valence-electron chi connectivity index (χ1n) is 11.0. The van der Waals surface area contributed by atoms with Gasteiger partial charge in [-0.25, -0.2) is 9.18 Å². The van der Waals surface area contributed by atoms with E-state index >= 15 is 0 Å². The number of rotatable bonds is 9. The SMILES string of the molecule is CCC(F)(CC)CN1CCC(COc2ccc(-c3cccc(C(=O)OC)c3)nn2)CC1. The second kappa shape index (κ2) is 10.7. The van der Waals surface area contributed by atoms with E-state index in [1.165, 1.54) is 7.11 Å². The fourth-order valence-electron chi connectivity index (χ4n) is 3.86. The lowest BCUT2D eigenvalue weighted by molar-refractivity contribution is 0.0564. The zero-order valence-electron chi connectivity index (χ0n) is 18.6. The Labute approximate surface area is 183 Å². The van der Waals surface area contributed by atoms with Crippen LogP contribution in [0.3, 0.4) is 0 Å². The van der Waals surface area contributed by atoms with Crippen LogP contribution < -0.4 is 4.74 Å². The summed E-state index contributed by atoms with van der Waals surface area (Å²) >= 11 is 0. The molecule has 0 saturated carbocycles. The molecule has 0 radical (unpaired) electrons.